The van der Waals surface area contributed by atoms with Gasteiger partial charge >= 0.3 is 6.61 Å². The lowest BCUT2D eigenvalue weighted by Crippen LogP contribution is -2.06. The molecule has 0 aliphatic heterocycles. The van der Waals surface area contributed by atoms with E-state index >= 15 is 0 Å². The van der Waals surface area contributed by atoms with E-state index < -0.39 is 6.61 Å². The molecule has 2 aromatic carbocycles. The van der Waals surface area contributed by atoms with Crippen LogP contribution in [0, 0.1) is 13.8 Å². The molecular formula is C17H17BrF2O. The van der Waals surface area contributed by atoms with Crippen molar-refractivity contribution in [1.82, 2.24) is 0 Å². The van der Waals surface area contributed by atoms with E-state index in [2.05, 4.69) is 45.8 Å². The Morgan fingerprint density at radius 3 is 2.52 bits per heavy atom. The molecule has 0 N–H and O–H groups in total. The third-order valence-electron chi connectivity index (χ3n) is 3.38. The summed E-state index contributed by atoms with van der Waals surface area (Å²) in [5.41, 5.74) is 4.31. The summed E-state index contributed by atoms with van der Waals surface area (Å²) in [5.74, 6) is 0.222. The smallest absolute Gasteiger partial charge is 0.387 e. The fraction of sp³-hybridized carbons (Fsp3) is 0.294. The average molecular weight is 355 g/mol. The summed E-state index contributed by atoms with van der Waals surface area (Å²) in [6.07, 6.45) is 0.719. The minimum atomic E-state index is -2.81. The first-order valence-corrected chi connectivity index (χ1v) is 7.63. The Morgan fingerprint density at radius 1 is 1.10 bits per heavy atom. The van der Waals surface area contributed by atoms with Gasteiger partial charge in [0.05, 0.1) is 0 Å². The highest BCUT2D eigenvalue weighted by atomic mass is 79.9. The number of alkyl halides is 3. The van der Waals surface area contributed by atoms with Crippen molar-refractivity contribution in [3.05, 3.63) is 64.7 Å². The number of halogens is 3. The predicted octanol–water partition coefficient (Wildman–Crippen LogP) is 5.58. The summed E-state index contributed by atoms with van der Waals surface area (Å²) in [5, 5.41) is 0. The van der Waals surface area contributed by atoms with E-state index in [1.54, 1.807) is 12.1 Å². The Labute approximate surface area is 132 Å². The maximum atomic E-state index is 12.5. The lowest BCUT2D eigenvalue weighted by Gasteiger charge is -2.16. The second kappa shape index (κ2) is 7.03. The van der Waals surface area contributed by atoms with E-state index in [0.717, 1.165) is 12.0 Å². The van der Waals surface area contributed by atoms with E-state index in [9.17, 15) is 8.78 Å². The number of ether oxygens (including phenoxy) is 1. The highest BCUT2D eigenvalue weighted by Gasteiger charge is 2.17. The zero-order valence-electron chi connectivity index (χ0n) is 11.9. The van der Waals surface area contributed by atoms with Crippen LogP contribution in [0.4, 0.5) is 8.78 Å². The normalized spacial score (nSPS) is 12.5. The summed E-state index contributed by atoms with van der Waals surface area (Å²) in [6, 6.07) is 13.2. The fourth-order valence-corrected chi connectivity index (χ4v) is 2.99. The van der Waals surface area contributed by atoms with Crippen LogP contribution in [0.3, 0.4) is 0 Å². The van der Waals surface area contributed by atoms with Crippen LogP contribution < -0.4 is 4.74 Å². The Hall–Kier alpha value is -1.42. The fourth-order valence-electron chi connectivity index (χ4n) is 2.27. The third kappa shape index (κ3) is 4.27. The van der Waals surface area contributed by atoms with Crippen molar-refractivity contribution in [3.63, 3.8) is 0 Å². The van der Waals surface area contributed by atoms with Crippen LogP contribution in [0.1, 0.15) is 27.1 Å². The van der Waals surface area contributed by atoms with Gasteiger partial charge in [0.25, 0.3) is 0 Å². The highest BCUT2D eigenvalue weighted by molar-refractivity contribution is 9.09. The van der Waals surface area contributed by atoms with Crippen LogP contribution in [0.5, 0.6) is 5.75 Å². The van der Waals surface area contributed by atoms with Crippen LogP contribution in [0.25, 0.3) is 0 Å². The number of hydrogen-bond acceptors (Lipinski definition) is 1. The number of rotatable bonds is 5. The van der Waals surface area contributed by atoms with E-state index in [0.29, 0.717) is 0 Å². The topological polar surface area (TPSA) is 9.23 Å². The number of hydrogen-bond donors (Lipinski definition) is 0. The van der Waals surface area contributed by atoms with E-state index in [-0.39, 0.29) is 10.6 Å². The number of benzene rings is 2. The van der Waals surface area contributed by atoms with Gasteiger partial charge in [-0.2, -0.15) is 8.78 Å². The number of para-hydroxylation sites is 1. The molecular weight excluding hydrogens is 338 g/mol. The SMILES string of the molecule is Cc1ccc(C)c(CC(Br)c2ccccc2OC(F)F)c1. The minimum absolute atomic E-state index is 0.0760. The molecule has 1 unspecified atom stereocenters. The van der Waals surface area contributed by atoms with Gasteiger partial charge in [-0.05, 0) is 37.5 Å². The molecule has 0 aromatic heterocycles. The molecule has 2 aromatic rings. The van der Waals surface area contributed by atoms with Crippen LogP contribution in [-0.4, -0.2) is 6.61 Å². The molecule has 0 amide bonds. The van der Waals surface area contributed by atoms with Gasteiger partial charge in [-0.25, -0.2) is 0 Å². The molecule has 0 saturated carbocycles. The van der Waals surface area contributed by atoms with Gasteiger partial charge in [0.2, 0.25) is 0 Å². The average Bonchev–Trinajstić information content (AvgIpc) is 2.42. The van der Waals surface area contributed by atoms with Crippen molar-refractivity contribution in [2.24, 2.45) is 0 Å². The van der Waals surface area contributed by atoms with Gasteiger partial charge in [-0.1, -0.05) is 57.9 Å². The molecule has 21 heavy (non-hydrogen) atoms. The molecule has 0 radical (unpaired) electrons. The predicted molar refractivity (Wildman–Crippen MR) is 84.4 cm³/mol. The van der Waals surface area contributed by atoms with Crippen molar-refractivity contribution >= 4 is 15.9 Å². The molecule has 0 bridgehead atoms. The van der Waals surface area contributed by atoms with Gasteiger partial charge in [0, 0.05) is 10.4 Å². The Kier molecular flexibility index (Phi) is 5.34. The first-order chi connectivity index (χ1) is 9.97. The lowest BCUT2D eigenvalue weighted by atomic mass is 9.98. The molecule has 1 nitrogen and oxygen atoms in total. The van der Waals surface area contributed by atoms with Crippen molar-refractivity contribution in [2.45, 2.75) is 31.7 Å². The summed E-state index contributed by atoms with van der Waals surface area (Å²) in [6.45, 7) is 1.28. The van der Waals surface area contributed by atoms with Gasteiger partial charge in [0.15, 0.2) is 0 Å². The molecule has 0 aliphatic rings. The second-order valence-corrected chi connectivity index (χ2v) is 6.12. The summed E-state index contributed by atoms with van der Waals surface area (Å²) in [4.78, 5) is -0.0760. The van der Waals surface area contributed by atoms with Gasteiger partial charge in [0.1, 0.15) is 5.75 Å². The van der Waals surface area contributed by atoms with Crippen LogP contribution >= 0.6 is 15.9 Å². The summed E-state index contributed by atoms with van der Waals surface area (Å²) >= 11 is 3.60. The lowest BCUT2D eigenvalue weighted by molar-refractivity contribution is -0.0504. The second-order valence-electron chi connectivity index (χ2n) is 5.02. The van der Waals surface area contributed by atoms with E-state index in [1.807, 2.05) is 19.1 Å². The van der Waals surface area contributed by atoms with Crippen LogP contribution in [-0.2, 0) is 6.42 Å². The molecule has 4 heteroatoms. The maximum Gasteiger partial charge on any atom is 0.387 e. The summed E-state index contributed by atoms with van der Waals surface area (Å²) < 4.78 is 29.5. The zero-order valence-corrected chi connectivity index (χ0v) is 13.5. The van der Waals surface area contributed by atoms with Crippen molar-refractivity contribution in [2.75, 3.05) is 0 Å². The van der Waals surface area contributed by atoms with Crippen molar-refractivity contribution in [3.8, 4) is 5.75 Å². The molecule has 2 rings (SSSR count). The molecule has 0 fully saturated rings. The summed E-state index contributed by atoms with van der Waals surface area (Å²) in [7, 11) is 0. The molecule has 0 spiro atoms. The Balaban J connectivity index is 2.24. The van der Waals surface area contributed by atoms with Gasteiger partial charge < -0.3 is 4.74 Å². The Morgan fingerprint density at radius 2 is 1.81 bits per heavy atom. The van der Waals surface area contributed by atoms with Gasteiger partial charge in [-0.15, -0.1) is 0 Å². The maximum absolute atomic E-state index is 12.5. The van der Waals surface area contributed by atoms with E-state index in [1.165, 1.54) is 16.7 Å². The molecule has 0 heterocycles. The van der Waals surface area contributed by atoms with Crippen molar-refractivity contribution in [1.29, 1.82) is 0 Å². The molecule has 0 saturated heterocycles. The van der Waals surface area contributed by atoms with Gasteiger partial charge in [-0.3, -0.25) is 0 Å². The quantitative estimate of drug-likeness (QED) is 0.636. The molecule has 112 valence electrons. The monoisotopic (exact) mass is 354 g/mol. The molecule has 1 atom stereocenters. The number of aryl methyl sites for hydroxylation is 2. The standard InChI is InChI=1S/C17H17BrF2O/c1-11-7-8-12(2)13(9-11)10-15(18)14-5-3-4-6-16(14)21-17(19)20/h3-9,15,17H,10H2,1-2H3. The third-order valence-corrected chi connectivity index (χ3v) is 4.19. The zero-order chi connectivity index (χ0) is 15.4. The van der Waals surface area contributed by atoms with E-state index in [4.69, 9.17) is 0 Å². The minimum Gasteiger partial charge on any atom is -0.435 e. The van der Waals surface area contributed by atoms with Crippen LogP contribution in [0.15, 0.2) is 42.5 Å². The van der Waals surface area contributed by atoms with Crippen molar-refractivity contribution < 1.29 is 13.5 Å². The largest absolute Gasteiger partial charge is 0.435 e. The molecule has 0 aliphatic carbocycles. The highest BCUT2D eigenvalue weighted by Crippen LogP contribution is 2.35. The first kappa shape index (κ1) is 16.0. The van der Waals surface area contributed by atoms with Crippen LogP contribution in [0.2, 0.25) is 0 Å². The Bertz CT molecular complexity index is 613. The first-order valence-electron chi connectivity index (χ1n) is 6.71.